The molecule has 0 N–H and O–H groups in total. The number of anilines is 1. The highest BCUT2D eigenvalue weighted by molar-refractivity contribution is 5.57. The maximum absolute atomic E-state index is 13.4. The summed E-state index contributed by atoms with van der Waals surface area (Å²) in [5, 5.41) is 0. The highest BCUT2D eigenvalue weighted by Gasteiger charge is 2.19. The maximum atomic E-state index is 13.4. The van der Waals surface area contributed by atoms with Crippen molar-refractivity contribution in [1.82, 2.24) is 15.0 Å². The van der Waals surface area contributed by atoms with Gasteiger partial charge in [0.1, 0.15) is 11.6 Å². The number of aryl methyl sites for hydroxylation is 1. The number of aromatic nitrogens is 3. The lowest BCUT2D eigenvalue weighted by Crippen LogP contribution is -2.31. The summed E-state index contributed by atoms with van der Waals surface area (Å²) in [6, 6.07) is 10.9. The number of benzene rings is 1. The molecular formula is C19H17FN4. The molecule has 0 fully saturated rings. The lowest BCUT2D eigenvalue weighted by molar-refractivity contribution is 0.618. The number of fused-ring (bicyclic) bond motifs is 1. The van der Waals surface area contributed by atoms with Gasteiger partial charge in [-0.1, -0.05) is 6.07 Å². The lowest BCUT2D eigenvalue weighted by atomic mass is 9.99. The van der Waals surface area contributed by atoms with E-state index in [0.29, 0.717) is 5.82 Å². The number of hydrogen-bond donors (Lipinski definition) is 0. The Bertz CT molecular complexity index is 880. The fraction of sp³-hybridized carbons (Fsp3) is 0.211. The Kier molecular flexibility index (Phi) is 3.69. The van der Waals surface area contributed by atoms with Crippen LogP contribution >= 0.6 is 0 Å². The van der Waals surface area contributed by atoms with Gasteiger partial charge in [0, 0.05) is 42.8 Å². The SMILES string of the molecule is Cc1cc(N2CCc3cc(F)ccc3C2)nc(-c2cccnc2)n1. The van der Waals surface area contributed by atoms with Crippen LogP contribution in [0.2, 0.25) is 0 Å². The largest absolute Gasteiger partial charge is 0.352 e. The Morgan fingerprint density at radius 3 is 2.83 bits per heavy atom. The van der Waals surface area contributed by atoms with Crippen molar-refractivity contribution >= 4 is 5.82 Å². The van der Waals surface area contributed by atoms with E-state index in [1.165, 1.54) is 6.07 Å². The number of rotatable bonds is 2. The van der Waals surface area contributed by atoms with Gasteiger partial charge in [-0.2, -0.15) is 0 Å². The molecule has 4 rings (SSSR count). The van der Waals surface area contributed by atoms with Crippen LogP contribution in [-0.2, 0) is 13.0 Å². The van der Waals surface area contributed by atoms with E-state index in [-0.39, 0.29) is 5.82 Å². The Labute approximate surface area is 140 Å². The highest BCUT2D eigenvalue weighted by atomic mass is 19.1. The van der Waals surface area contributed by atoms with Crippen molar-refractivity contribution in [3.8, 4) is 11.4 Å². The van der Waals surface area contributed by atoms with Crippen molar-refractivity contribution < 1.29 is 4.39 Å². The quantitative estimate of drug-likeness (QED) is 0.724. The molecule has 3 aromatic rings. The van der Waals surface area contributed by atoms with Crippen LogP contribution < -0.4 is 4.90 Å². The maximum Gasteiger partial charge on any atom is 0.163 e. The van der Waals surface area contributed by atoms with Gasteiger partial charge in [-0.15, -0.1) is 0 Å². The van der Waals surface area contributed by atoms with Crippen molar-refractivity contribution in [3.05, 3.63) is 71.4 Å². The van der Waals surface area contributed by atoms with Crippen LogP contribution in [0.15, 0.2) is 48.8 Å². The fourth-order valence-corrected chi connectivity index (χ4v) is 3.06. The summed E-state index contributed by atoms with van der Waals surface area (Å²) in [5.41, 5.74) is 4.07. The molecule has 3 heterocycles. The fourth-order valence-electron chi connectivity index (χ4n) is 3.06. The van der Waals surface area contributed by atoms with E-state index in [1.54, 1.807) is 18.5 Å². The minimum absolute atomic E-state index is 0.168. The zero-order valence-corrected chi connectivity index (χ0v) is 13.4. The monoisotopic (exact) mass is 320 g/mol. The minimum Gasteiger partial charge on any atom is -0.352 e. The van der Waals surface area contributed by atoms with Gasteiger partial charge in [-0.05, 0) is 48.7 Å². The summed E-state index contributed by atoms with van der Waals surface area (Å²) >= 11 is 0. The topological polar surface area (TPSA) is 41.9 Å². The molecule has 0 unspecified atom stereocenters. The number of halogens is 1. The van der Waals surface area contributed by atoms with Crippen LogP contribution in [0.4, 0.5) is 10.2 Å². The number of hydrogen-bond acceptors (Lipinski definition) is 4. The molecule has 0 saturated heterocycles. The summed E-state index contributed by atoms with van der Waals surface area (Å²) in [6.45, 7) is 3.52. The molecule has 0 spiro atoms. The van der Waals surface area contributed by atoms with Gasteiger partial charge in [0.15, 0.2) is 5.82 Å². The van der Waals surface area contributed by atoms with Crippen LogP contribution in [0.1, 0.15) is 16.8 Å². The molecule has 0 atom stereocenters. The van der Waals surface area contributed by atoms with Gasteiger partial charge in [-0.25, -0.2) is 14.4 Å². The molecule has 1 aliphatic rings. The standard InChI is InChI=1S/C19H17FN4/c1-13-9-18(23-19(22-13)15-3-2-7-21-11-15)24-8-6-14-10-17(20)5-4-16(14)12-24/h2-5,7,9-11H,6,8,12H2,1H3. The van der Waals surface area contributed by atoms with E-state index < -0.39 is 0 Å². The second kappa shape index (κ2) is 6.00. The third-order valence-electron chi connectivity index (χ3n) is 4.27. The van der Waals surface area contributed by atoms with Crippen molar-refractivity contribution in [1.29, 1.82) is 0 Å². The molecule has 0 radical (unpaired) electrons. The molecule has 4 nitrogen and oxygen atoms in total. The second-order valence-corrected chi connectivity index (χ2v) is 6.02. The summed E-state index contributed by atoms with van der Waals surface area (Å²) < 4.78 is 13.4. The average Bonchev–Trinajstić information content (AvgIpc) is 2.61. The number of nitrogens with zero attached hydrogens (tertiary/aromatic N) is 4. The molecule has 120 valence electrons. The Balaban J connectivity index is 1.68. The second-order valence-electron chi connectivity index (χ2n) is 6.02. The summed E-state index contributed by atoms with van der Waals surface area (Å²) in [6.07, 6.45) is 4.33. The molecular weight excluding hydrogens is 303 g/mol. The van der Waals surface area contributed by atoms with E-state index in [1.807, 2.05) is 31.2 Å². The van der Waals surface area contributed by atoms with E-state index >= 15 is 0 Å². The molecule has 24 heavy (non-hydrogen) atoms. The zero-order valence-electron chi connectivity index (χ0n) is 13.4. The minimum atomic E-state index is -0.168. The summed E-state index contributed by atoms with van der Waals surface area (Å²) in [7, 11) is 0. The zero-order chi connectivity index (χ0) is 16.5. The lowest BCUT2D eigenvalue weighted by Gasteiger charge is -2.30. The first-order valence-electron chi connectivity index (χ1n) is 7.97. The van der Waals surface area contributed by atoms with Crippen LogP contribution in [0.3, 0.4) is 0 Å². The first kappa shape index (κ1) is 14.8. The van der Waals surface area contributed by atoms with Crippen molar-refractivity contribution in [2.45, 2.75) is 19.9 Å². The van der Waals surface area contributed by atoms with Gasteiger partial charge >= 0.3 is 0 Å². The van der Waals surface area contributed by atoms with E-state index in [9.17, 15) is 4.39 Å². The predicted octanol–water partition coefficient (Wildman–Crippen LogP) is 3.55. The normalized spacial score (nSPS) is 13.7. The molecule has 2 aromatic heterocycles. The van der Waals surface area contributed by atoms with Crippen molar-refractivity contribution in [2.75, 3.05) is 11.4 Å². The van der Waals surface area contributed by atoms with E-state index in [4.69, 9.17) is 4.98 Å². The van der Waals surface area contributed by atoms with Crippen LogP contribution in [-0.4, -0.2) is 21.5 Å². The van der Waals surface area contributed by atoms with Gasteiger partial charge in [0.25, 0.3) is 0 Å². The van der Waals surface area contributed by atoms with Crippen molar-refractivity contribution in [2.24, 2.45) is 0 Å². The van der Waals surface area contributed by atoms with Crippen LogP contribution in [0, 0.1) is 12.7 Å². The Hall–Kier alpha value is -2.82. The van der Waals surface area contributed by atoms with Crippen molar-refractivity contribution in [3.63, 3.8) is 0 Å². The van der Waals surface area contributed by atoms with Gasteiger partial charge in [-0.3, -0.25) is 4.98 Å². The summed E-state index contributed by atoms with van der Waals surface area (Å²) in [4.78, 5) is 15.6. The third kappa shape index (κ3) is 2.85. The van der Waals surface area contributed by atoms with Gasteiger partial charge < -0.3 is 4.90 Å². The molecule has 0 bridgehead atoms. The first-order valence-corrected chi connectivity index (χ1v) is 7.97. The highest BCUT2D eigenvalue weighted by Crippen LogP contribution is 2.26. The Morgan fingerprint density at radius 2 is 2.00 bits per heavy atom. The first-order chi connectivity index (χ1) is 11.7. The summed E-state index contributed by atoms with van der Waals surface area (Å²) in [5.74, 6) is 1.42. The molecule has 0 saturated carbocycles. The van der Waals surface area contributed by atoms with Gasteiger partial charge in [0.2, 0.25) is 0 Å². The molecule has 0 amide bonds. The van der Waals surface area contributed by atoms with E-state index in [0.717, 1.165) is 47.7 Å². The molecule has 1 aliphatic heterocycles. The van der Waals surface area contributed by atoms with Crippen LogP contribution in [0.25, 0.3) is 11.4 Å². The smallest absolute Gasteiger partial charge is 0.163 e. The average molecular weight is 320 g/mol. The van der Waals surface area contributed by atoms with E-state index in [2.05, 4.69) is 14.9 Å². The number of pyridine rings is 1. The molecule has 0 aliphatic carbocycles. The molecule has 5 heteroatoms. The van der Waals surface area contributed by atoms with Crippen LogP contribution in [0.5, 0.6) is 0 Å². The molecule has 1 aromatic carbocycles. The van der Waals surface area contributed by atoms with Gasteiger partial charge in [0.05, 0.1) is 0 Å². The third-order valence-corrected chi connectivity index (χ3v) is 4.27. The predicted molar refractivity (Wildman–Crippen MR) is 91.2 cm³/mol. The Morgan fingerprint density at radius 1 is 1.08 bits per heavy atom.